The van der Waals surface area contributed by atoms with Crippen LogP contribution in [0.4, 0.5) is 4.39 Å². The second kappa shape index (κ2) is 10.5. The molecule has 1 aromatic rings. The molecule has 27 heavy (non-hydrogen) atoms. The molecule has 2 fully saturated rings. The Balaban J connectivity index is 1.39. The minimum atomic E-state index is -0.224. The molecule has 0 heterocycles. The molecule has 1 nitrogen and oxygen atoms in total. The van der Waals surface area contributed by atoms with Crippen molar-refractivity contribution in [2.75, 3.05) is 6.61 Å². The van der Waals surface area contributed by atoms with Crippen LogP contribution in [0.1, 0.15) is 70.3 Å². The van der Waals surface area contributed by atoms with Gasteiger partial charge in [0.25, 0.3) is 0 Å². The van der Waals surface area contributed by atoms with Gasteiger partial charge in [0.05, 0.1) is 6.61 Å². The third kappa shape index (κ3) is 5.98. The number of halogens is 2. The molecule has 1 aromatic carbocycles. The number of allylic oxidation sites excluding steroid dienone is 1. The van der Waals surface area contributed by atoms with E-state index in [2.05, 4.69) is 6.08 Å². The highest BCUT2D eigenvalue weighted by molar-refractivity contribution is 6.25. The molecule has 0 saturated heterocycles. The fraction of sp³-hybridized carbons (Fsp3) is 0.667. The van der Waals surface area contributed by atoms with Gasteiger partial charge < -0.3 is 4.74 Å². The highest BCUT2D eigenvalue weighted by Gasteiger charge is 2.30. The third-order valence-electron chi connectivity index (χ3n) is 6.86. The minimum absolute atomic E-state index is 0.224. The van der Waals surface area contributed by atoms with Gasteiger partial charge in [-0.3, -0.25) is 0 Å². The zero-order valence-electron chi connectivity index (χ0n) is 16.6. The summed E-state index contributed by atoms with van der Waals surface area (Å²) in [5.74, 6) is 3.54. The first-order valence-corrected chi connectivity index (χ1v) is 11.3. The zero-order valence-corrected chi connectivity index (χ0v) is 17.4. The largest absolute Gasteiger partial charge is 0.491 e. The Labute approximate surface area is 169 Å². The van der Waals surface area contributed by atoms with Gasteiger partial charge in [0.15, 0.2) is 11.6 Å². The van der Waals surface area contributed by atoms with Gasteiger partial charge in [-0.2, -0.15) is 0 Å². The van der Waals surface area contributed by atoms with E-state index < -0.39 is 0 Å². The molecule has 0 N–H and O–H groups in total. The molecule has 2 saturated carbocycles. The van der Waals surface area contributed by atoms with Crippen LogP contribution in [0.25, 0.3) is 0 Å². The van der Waals surface area contributed by atoms with Crippen molar-refractivity contribution < 1.29 is 9.13 Å². The maximum atomic E-state index is 14.0. The van der Waals surface area contributed by atoms with Crippen molar-refractivity contribution in [1.29, 1.82) is 0 Å². The van der Waals surface area contributed by atoms with Crippen LogP contribution < -0.4 is 4.74 Å². The quantitative estimate of drug-likeness (QED) is 0.466. The van der Waals surface area contributed by atoms with E-state index >= 15 is 0 Å². The van der Waals surface area contributed by atoms with Gasteiger partial charge in [-0.1, -0.05) is 36.6 Å². The van der Waals surface area contributed by atoms with Gasteiger partial charge in [0.1, 0.15) is 0 Å². The monoisotopic (exact) mass is 392 g/mol. The predicted molar refractivity (Wildman–Crippen MR) is 112 cm³/mol. The predicted octanol–water partition coefficient (Wildman–Crippen LogP) is 7.52. The van der Waals surface area contributed by atoms with Gasteiger partial charge in [-0.15, -0.1) is 0 Å². The van der Waals surface area contributed by atoms with Crippen LogP contribution in [-0.2, 0) is 6.42 Å². The maximum absolute atomic E-state index is 14.0. The molecule has 0 amide bonds. The van der Waals surface area contributed by atoms with Gasteiger partial charge in [0.2, 0.25) is 0 Å². The van der Waals surface area contributed by atoms with Crippen LogP contribution in [0.2, 0.25) is 0 Å². The second-order valence-electron chi connectivity index (χ2n) is 8.51. The number of hydrogen-bond donors (Lipinski definition) is 0. The van der Waals surface area contributed by atoms with Crippen molar-refractivity contribution in [1.82, 2.24) is 0 Å². The molecule has 3 rings (SSSR count). The van der Waals surface area contributed by atoms with Gasteiger partial charge in [-0.05, 0) is 99.7 Å². The van der Waals surface area contributed by atoms with Gasteiger partial charge in [-0.25, -0.2) is 4.39 Å². The lowest BCUT2D eigenvalue weighted by Crippen LogP contribution is -2.25. The van der Waals surface area contributed by atoms with Crippen LogP contribution in [0.15, 0.2) is 29.8 Å². The van der Waals surface area contributed by atoms with Gasteiger partial charge in [0, 0.05) is 5.54 Å². The van der Waals surface area contributed by atoms with Crippen LogP contribution in [-0.4, -0.2) is 6.61 Å². The first-order valence-electron chi connectivity index (χ1n) is 10.9. The molecule has 0 spiro atoms. The fourth-order valence-corrected chi connectivity index (χ4v) is 5.41. The highest BCUT2D eigenvalue weighted by atomic mass is 35.5. The van der Waals surface area contributed by atoms with Crippen molar-refractivity contribution in [2.24, 2.45) is 23.7 Å². The summed E-state index contributed by atoms with van der Waals surface area (Å²) >= 11 is 5.73. The second-order valence-corrected chi connectivity index (χ2v) is 8.76. The molecular weight excluding hydrogens is 359 g/mol. The molecule has 2 aliphatic carbocycles. The van der Waals surface area contributed by atoms with Crippen LogP contribution in [0, 0.1) is 29.5 Å². The molecule has 0 atom stereocenters. The normalized spacial score (nSPS) is 29.1. The lowest BCUT2D eigenvalue weighted by Gasteiger charge is -2.37. The Hall–Kier alpha value is -1.02. The Morgan fingerprint density at radius 3 is 2.30 bits per heavy atom. The highest BCUT2D eigenvalue weighted by Crippen LogP contribution is 2.42. The van der Waals surface area contributed by atoms with E-state index in [1.807, 2.05) is 13.0 Å². The first-order chi connectivity index (χ1) is 13.2. The van der Waals surface area contributed by atoms with E-state index in [1.54, 1.807) is 17.7 Å². The van der Waals surface area contributed by atoms with Crippen molar-refractivity contribution in [3.63, 3.8) is 0 Å². The third-order valence-corrected chi connectivity index (χ3v) is 7.00. The number of benzene rings is 1. The maximum Gasteiger partial charge on any atom is 0.165 e. The topological polar surface area (TPSA) is 9.23 Å². The zero-order chi connectivity index (χ0) is 19.1. The summed E-state index contributed by atoms with van der Waals surface area (Å²) in [6.07, 6.45) is 15.2. The van der Waals surface area contributed by atoms with Crippen molar-refractivity contribution in [3.05, 3.63) is 41.2 Å². The van der Waals surface area contributed by atoms with E-state index in [9.17, 15) is 4.39 Å². The molecular formula is C24H34ClFO. The summed E-state index contributed by atoms with van der Waals surface area (Å²) < 4.78 is 19.3. The smallest absolute Gasteiger partial charge is 0.165 e. The van der Waals surface area contributed by atoms with E-state index in [4.69, 9.17) is 16.3 Å². The summed E-state index contributed by atoms with van der Waals surface area (Å²) in [5.41, 5.74) is 2.80. The first kappa shape index (κ1) is 20.7. The summed E-state index contributed by atoms with van der Waals surface area (Å²) in [6.45, 7) is 2.39. The molecule has 0 bridgehead atoms. The minimum Gasteiger partial charge on any atom is -0.491 e. The average Bonchev–Trinajstić information content (AvgIpc) is 2.70. The van der Waals surface area contributed by atoms with E-state index in [1.165, 1.54) is 57.8 Å². The standard InChI is InChI=1S/C24H34ClFO/c1-2-27-24-14-9-20(17-23(24)26)4-3-18-5-10-21(11-6-18)22-12-7-19(8-13-22)15-16-25/h9,14-19,21-22H,2-8,10-13H2,1H3/b16-15+. The lowest BCUT2D eigenvalue weighted by molar-refractivity contribution is 0.153. The summed E-state index contributed by atoms with van der Waals surface area (Å²) in [6, 6.07) is 5.46. The average molecular weight is 393 g/mol. The molecule has 2 aliphatic rings. The Morgan fingerprint density at radius 1 is 1.04 bits per heavy atom. The number of hydrogen-bond acceptors (Lipinski definition) is 1. The Morgan fingerprint density at radius 2 is 1.70 bits per heavy atom. The van der Waals surface area contributed by atoms with Crippen molar-refractivity contribution in [3.8, 4) is 5.75 Å². The van der Waals surface area contributed by atoms with Gasteiger partial charge >= 0.3 is 0 Å². The number of rotatable bonds is 7. The summed E-state index contributed by atoms with van der Waals surface area (Å²) in [5, 5.41) is 0. The molecule has 0 aliphatic heterocycles. The van der Waals surface area contributed by atoms with Crippen LogP contribution in [0.3, 0.4) is 0 Å². The molecule has 0 radical (unpaired) electrons. The fourth-order valence-electron chi connectivity index (χ4n) is 5.20. The van der Waals surface area contributed by atoms with E-state index in [0.717, 1.165) is 29.7 Å². The molecule has 0 unspecified atom stereocenters. The number of ether oxygens (including phenoxy) is 1. The van der Waals surface area contributed by atoms with E-state index in [0.29, 0.717) is 18.3 Å². The molecule has 150 valence electrons. The Kier molecular flexibility index (Phi) is 8.06. The van der Waals surface area contributed by atoms with E-state index in [-0.39, 0.29) is 5.82 Å². The van der Waals surface area contributed by atoms with Crippen LogP contribution >= 0.6 is 11.6 Å². The lowest BCUT2D eigenvalue weighted by atomic mass is 9.68. The van der Waals surface area contributed by atoms with Crippen molar-refractivity contribution >= 4 is 11.6 Å². The number of aryl methyl sites for hydroxylation is 1. The van der Waals surface area contributed by atoms with Crippen LogP contribution in [0.5, 0.6) is 5.75 Å². The molecule has 0 aromatic heterocycles. The SMILES string of the molecule is CCOc1ccc(CCC2CCC(C3CCC(/C=C/Cl)CC3)CC2)cc1F. The Bertz CT molecular complexity index is 598. The summed E-state index contributed by atoms with van der Waals surface area (Å²) in [4.78, 5) is 0. The molecule has 3 heteroatoms. The summed E-state index contributed by atoms with van der Waals surface area (Å²) in [7, 11) is 0. The van der Waals surface area contributed by atoms with Crippen molar-refractivity contribution in [2.45, 2.75) is 71.1 Å².